The summed E-state index contributed by atoms with van der Waals surface area (Å²) in [4.78, 5) is 13.6. The fourth-order valence-corrected chi connectivity index (χ4v) is 8.38. The van der Waals surface area contributed by atoms with Crippen molar-refractivity contribution in [2.45, 2.75) is 55.8 Å². The molecule has 2 saturated carbocycles. The number of piperidine rings is 1. The van der Waals surface area contributed by atoms with Gasteiger partial charge < -0.3 is 15.0 Å². The highest BCUT2D eigenvalue weighted by molar-refractivity contribution is 5.83. The lowest BCUT2D eigenvalue weighted by atomic mass is 9.43. The van der Waals surface area contributed by atoms with Crippen molar-refractivity contribution in [3.63, 3.8) is 0 Å². The Hall–Kier alpha value is -1.76. The minimum Gasteiger partial charge on any atom is -0.497 e. The van der Waals surface area contributed by atoms with Crippen molar-refractivity contribution >= 4 is 5.91 Å². The molecule has 4 nitrogen and oxygen atoms in total. The minimum atomic E-state index is -4.82. The lowest BCUT2D eigenvalue weighted by molar-refractivity contribution is -0.199. The normalized spacial score (nSPS) is 41.7. The molecule has 0 spiro atoms. The number of rotatable bonds is 1. The average Bonchev–Trinajstić information content (AvgIpc) is 3.17. The number of hydrogen-bond donors (Lipinski definition) is 1. The third kappa shape index (κ3) is 1.98. The summed E-state index contributed by atoms with van der Waals surface area (Å²) in [5.74, 6) is 0.0710. The summed E-state index contributed by atoms with van der Waals surface area (Å²) in [7, 11) is 1.66. The number of halogens is 3. The van der Waals surface area contributed by atoms with Crippen molar-refractivity contribution in [3.05, 3.63) is 29.3 Å². The van der Waals surface area contributed by atoms with Gasteiger partial charge in [0.05, 0.1) is 7.11 Å². The maximum atomic E-state index is 13.4. The zero-order valence-electron chi connectivity index (χ0n) is 16.4. The number of alkyl halides is 3. The Kier molecular flexibility index (Phi) is 3.41. The van der Waals surface area contributed by atoms with Crippen LogP contribution in [-0.2, 0) is 16.6 Å². The Morgan fingerprint density at radius 2 is 2.14 bits per heavy atom. The first-order valence-corrected chi connectivity index (χ1v) is 10.6. The SMILES string of the molecule is COc1ccc2c(c1)[C@]13CCN(C(=O)C(F)(F)F)[C@H](C2)[C@]12CCC1NC[C@@H](C2)C13. The van der Waals surface area contributed by atoms with E-state index < -0.39 is 12.1 Å². The summed E-state index contributed by atoms with van der Waals surface area (Å²) in [6.45, 7) is 1.13. The lowest BCUT2D eigenvalue weighted by Gasteiger charge is -2.66. The van der Waals surface area contributed by atoms with Crippen LogP contribution in [0.3, 0.4) is 0 Å². The molecule has 2 heterocycles. The van der Waals surface area contributed by atoms with Crippen molar-refractivity contribution in [1.82, 2.24) is 10.2 Å². The summed E-state index contributed by atoms with van der Waals surface area (Å²) in [6, 6.07) is 6.12. The minimum absolute atomic E-state index is 0.154. The quantitative estimate of drug-likeness (QED) is 0.780. The molecule has 0 aromatic heterocycles. The number of carbonyl (C=O) groups excluding carboxylic acids is 1. The Bertz CT molecular complexity index is 903. The first kappa shape index (κ1) is 18.0. The molecule has 156 valence electrons. The topological polar surface area (TPSA) is 41.6 Å². The van der Waals surface area contributed by atoms with Gasteiger partial charge in [0.1, 0.15) is 5.75 Å². The number of ether oxygens (including phenoxy) is 1. The van der Waals surface area contributed by atoms with E-state index in [1.54, 1.807) is 7.11 Å². The second-order valence-electron chi connectivity index (χ2n) is 9.66. The van der Waals surface area contributed by atoms with Gasteiger partial charge in [0.25, 0.3) is 0 Å². The smallest absolute Gasteiger partial charge is 0.471 e. The number of nitrogens with one attached hydrogen (secondary N) is 1. The van der Waals surface area contributed by atoms with Gasteiger partial charge in [0.15, 0.2) is 0 Å². The number of benzene rings is 1. The van der Waals surface area contributed by atoms with E-state index in [1.807, 2.05) is 12.1 Å². The summed E-state index contributed by atoms with van der Waals surface area (Å²) >= 11 is 0. The maximum Gasteiger partial charge on any atom is 0.471 e. The summed E-state index contributed by atoms with van der Waals surface area (Å²) in [6.07, 6.45) is -0.882. The van der Waals surface area contributed by atoms with Crippen LogP contribution in [0.5, 0.6) is 5.75 Å². The van der Waals surface area contributed by atoms with Crippen LogP contribution in [0.1, 0.15) is 36.8 Å². The Balaban J connectivity index is 1.57. The first-order valence-electron chi connectivity index (χ1n) is 10.6. The van der Waals surface area contributed by atoms with E-state index in [2.05, 4.69) is 11.4 Å². The highest BCUT2D eigenvalue weighted by Gasteiger charge is 2.75. The molecule has 2 aliphatic heterocycles. The van der Waals surface area contributed by atoms with Crippen LogP contribution in [-0.4, -0.2) is 49.3 Å². The molecule has 1 aromatic carbocycles. The van der Waals surface area contributed by atoms with Gasteiger partial charge in [0, 0.05) is 29.5 Å². The number of hydrogen-bond acceptors (Lipinski definition) is 3. The molecule has 29 heavy (non-hydrogen) atoms. The van der Waals surface area contributed by atoms with Crippen molar-refractivity contribution in [2.75, 3.05) is 20.2 Å². The second-order valence-corrected chi connectivity index (χ2v) is 9.66. The van der Waals surface area contributed by atoms with Crippen LogP contribution in [0.2, 0.25) is 0 Å². The Labute approximate surface area is 167 Å². The molecule has 0 radical (unpaired) electrons. The van der Waals surface area contributed by atoms with Crippen molar-refractivity contribution in [2.24, 2.45) is 17.3 Å². The Morgan fingerprint density at radius 3 is 2.90 bits per heavy atom. The van der Waals surface area contributed by atoms with E-state index in [0.717, 1.165) is 37.1 Å². The van der Waals surface area contributed by atoms with Gasteiger partial charge >= 0.3 is 12.1 Å². The highest BCUT2D eigenvalue weighted by Crippen LogP contribution is 2.74. The molecule has 7 heteroatoms. The average molecular weight is 406 g/mol. The van der Waals surface area contributed by atoms with Gasteiger partial charge in [-0.1, -0.05) is 6.07 Å². The van der Waals surface area contributed by atoms with Crippen LogP contribution < -0.4 is 10.1 Å². The second kappa shape index (κ2) is 5.48. The van der Waals surface area contributed by atoms with Crippen LogP contribution in [0, 0.1) is 17.3 Å². The molecule has 4 fully saturated rings. The summed E-state index contributed by atoms with van der Waals surface area (Å²) in [5.41, 5.74) is 1.98. The maximum absolute atomic E-state index is 13.4. The van der Waals surface area contributed by atoms with E-state index in [9.17, 15) is 18.0 Å². The van der Waals surface area contributed by atoms with Crippen molar-refractivity contribution in [3.8, 4) is 5.75 Å². The molecule has 5 aliphatic rings. The van der Waals surface area contributed by atoms with Crippen LogP contribution in [0.15, 0.2) is 18.2 Å². The summed E-state index contributed by atoms with van der Waals surface area (Å²) < 4.78 is 45.9. The molecular formula is C22H25F3N2O2. The van der Waals surface area contributed by atoms with Gasteiger partial charge in [-0.05, 0) is 73.7 Å². The number of likely N-dealkylation sites (tertiary alicyclic amines) is 1. The predicted octanol–water partition coefficient (Wildman–Crippen LogP) is 3.04. The van der Waals surface area contributed by atoms with Crippen LogP contribution in [0.4, 0.5) is 13.2 Å². The molecule has 3 aliphatic carbocycles. The number of fused-ring (bicyclic) bond motifs is 1. The Morgan fingerprint density at radius 1 is 1.31 bits per heavy atom. The van der Waals surface area contributed by atoms with E-state index in [1.165, 1.54) is 10.5 Å². The number of amides is 1. The molecular weight excluding hydrogens is 381 g/mol. The lowest BCUT2D eigenvalue weighted by Crippen LogP contribution is -2.71. The van der Waals surface area contributed by atoms with Crippen molar-refractivity contribution < 1.29 is 22.7 Å². The predicted molar refractivity (Wildman–Crippen MR) is 99.6 cm³/mol. The van der Waals surface area contributed by atoms with Gasteiger partial charge in [-0.25, -0.2) is 0 Å². The molecule has 4 bridgehead atoms. The summed E-state index contributed by atoms with van der Waals surface area (Å²) in [5, 5.41) is 3.70. The molecule has 2 saturated heterocycles. The van der Waals surface area contributed by atoms with E-state index in [-0.39, 0.29) is 23.4 Å². The van der Waals surface area contributed by atoms with Crippen molar-refractivity contribution in [1.29, 1.82) is 0 Å². The molecule has 1 amide bonds. The van der Waals surface area contributed by atoms with Gasteiger partial charge in [-0.2, -0.15) is 13.2 Å². The molecule has 2 unspecified atom stereocenters. The zero-order valence-corrected chi connectivity index (χ0v) is 16.4. The first-order chi connectivity index (χ1) is 13.8. The van der Waals surface area contributed by atoms with Gasteiger partial charge in [0.2, 0.25) is 0 Å². The largest absolute Gasteiger partial charge is 0.497 e. The monoisotopic (exact) mass is 406 g/mol. The fraction of sp³-hybridized carbons (Fsp3) is 0.682. The third-order valence-corrected chi connectivity index (χ3v) is 9.04. The van der Waals surface area contributed by atoms with Gasteiger partial charge in [-0.15, -0.1) is 0 Å². The van der Waals surface area contributed by atoms with E-state index in [4.69, 9.17) is 4.74 Å². The van der Waals surface area contributed by atoms with Gasteiger partial charge in [-0.3, -0.25) is 4.79 Å². The number of nitrogens with zero attached hydrogens (tertiary/aromatic N) is 1. The number of carbonyl (C=O) groups is 1. The van der Waals surface area contributed by atoms with E-state index >= 15 is 0 Å². The zero-order chi connectivity index (χ0) is 20.2. The number of methoxy groups -OCH3 is 1. The highest BCUT2D eigenvalue weighted by atomic mass is 19.4. The third-order valence-electron chi connectivity index (χ3n) is 9.04. The molecule has 6 atom stereocenters. The molecule has 6 rings (SSSR count). The van der Waals surface area contributed by atoms with Crippen LogP contribution in [0.25, 0.3) is 0 Å². The molecule has 1 N–H and O–H groups in total. The van der Waals surface area contributed by atoms with E-state index in [0.29, 0.717) is 30.7 Å². The molecule has 1 aromatic rings. The fourth-order valence-electron chi connectivity index (χ4n) is 8.38. The van der Waals surface area contributed by atoms with Crippen LogP contribution >= 0.6 is 0 Å². The standard InChI is InChI=1S/C22H25F3N2O2/c1-29-14-3-2-12-8-17-20-5-4-16-18(13(10-20)11-26-16)21(20,15(12)9-14)6-7-27(17)19(28)22(23,24)25/h2-3,9,13,16-18,26H,4-8,10-11H2,1H3/t13-,16?,17-,18?,20-,21+/m1/s1.